The number of sulfone groups is 1. The number of esters is 2. The number of unbranched alkanes of at least 4 members (excludes halogenated alkanes) is 1. The van der Waals surface area contributed by atoms with Gasteiger partial charge in [0.25, 0.3) is 0 Å². The Morgan fingerprint density at radius 1 is 0.953 bits per heavy atom. The van der Waals surface area contributed by atoms with Crippen molar-refractivity contribution in [2.75, 3.05) is 46.8 Å². The number of allylic oxidation sites excluding steroid dienone is 2. The Balaban J connectivity index is 1.72. The summed E-state index contributed by atoms with van der Waals surface area (Å²) in [5.41, 5.74) is 1.52. The Kier molecular flexibility index (Phi) is 12.2. The predicted octanol–water partition coefficient (Wildman–Crippen LogP) is 2.86. The van der Waals surface area contributed by atoms with Crippen LogP contribution in [0.4, 0.5) is 0 Å². The van der Waals surface area contributed by atoms with Gasteiger partial charge < -0.3 is 34.7 Å². The molecule has 1 heterocycles. The fourth-order valence-corrected chi connectivity index (χ4v) is 5.41. The number of carbonyl (C=O) groups is 2. The van der Waals surface area contributed by atoms with Crippen LogP contribution in [0.25, 0.3) is 0 Å². The first-order valence-electron chi connectivity index (χ1n) is 13.9. The van der Waals surface area contributed by atoms with Gasteiger partial charge in [-0.25, -0.2) is 18.0 Å². The van der Waals surface area contributed by atoms with Gasteiger partial charge in [-0.3, -0.25) is 0 Å². The van der Waals surface area contributed by atoms with E-state index in [2.05, 4.69) is 10.6 Å². The third kappa shape index (κ3) is 9.06. The van der Waals surface area contributed by atoms with Crippen molar-refractivity contribution in [1.82, 2.24) is 10.6 Å². The van der Waals surface area contributed by atoms with Gasteiger partial charge in [0.15, 0.2) is 9.84 Å². The highest BCUT2D eigenvalue weighted by atomic mass is 32.2. The highest BCUT2D eigenvalue weighted by Gasteiger charge is 2.39. The minimum absolute atomic E-state index is 0.0103. The number of methoxy groups -OCH3 is 2. The topological polar surface area (TPSA) is 149 Å². The van der Waals surface area contributed by atoms with E-state index in [0.29, 0.717) is 48.0 Å². The molecule has 2 aromatic carbocycles. The molecule has 0 saturated carbocycles. The maximum Gasteiger partial charge on any atom is 0.336 e. The largest absolute Gasteiger partial charge is 0.493 e. The second kappa shape index (κ2) is 15.6. The minimum atomic E-state index is -3.63. The van der Waals surface area contributed by atoms with Crippen molar-refractivity contribution in [3.05, 3.63) is 76.6 Å². The number of hydrogen-bond donors (Lipinski definition) is 3. The van der Waals surface area contributed by atoms with Gasteiger partial charge in [0.05, 0.1) is 42.8 Å². The lowest BCUT2D eigenvalue weighted by molar-refractivity contribution is -0.137. The molecule has 12 heteroatoms. The van der Waals surface area contributed by atoms with Crippen LogP contribution in [0.15, 0.2) is 76.0 Å². The van der Waals surface area contributed by atoms with Crippen LogP contribution in [0.2, 0.25) is 0 Å². The lowest BCUT2D eigenvalue weighted by Gasteiger charge is -2.31. The monoisotopic (exact) mass is 616 g/mol. The predicted molar refractivity (Wildman–Crippen MR) is 160 cm³/mol. The maximum atomic E-state index is 13.0. The molecule has 2 aromatic rings. The van der Waals surface area contributed by atoms with Crippen molar-refractivity contribution in [2.24, 2.45) is 0 Å². The quantitative estimate of drug-likeness (QED) is 0.200. The van der Waals surface area contributed by atoms with Crippen LogP contribution >= 0.6 is 0 Å². The zero-order valence-corrected chi connectivity index (χ0v) is 26.0. The Bertz CT molecular complexity index is 1410. The molecule has 0 aliphatic carbocycles. The first-order chi connectivity index (χ1) is 20.5. The number of carbonyl (C=O) groups excluding carboxylic acids is 2. The normalized spacial score (nSPS) is 14.7. The summed E-state index contributed by atoms with van der Waals surface area (Å²) in [6.07, 6.45) is 1.78. The van der Waals surface area contributed by atoms with Crippen LogP contribution in [0.5, 0.6) is 11.5 Å². The van der Waals surface area contributed by atoms with E-state index in [1.165, 1.54) is 32.4 Å². The first kappa shape index (κ1) is 33.6. The number of hydrogen-bond acceptors (Lipinski definition) is 11. The van der Waals surface area contributed by atoms with Crippen LogP contribution in [0, 0.1) is 0 Å². The van der Waals surface area contributed by atoms with Crippen LogP contribution < -0.4 is 20.1 Å². The molecule has 1 atom stereocenters. The van der Waals surface area contributed by atoms with E-state index >= 15 is 0 Å². The van der Waals surface area contributed by atoms with Gasteiger partial charge in [-0.1, -0.05) is 18.2 Å². The molecule has 3 rings (SSSR count). The van der Waals surface area contributed by atoms with Crippen LogP contribution in [-0.2, 0) is 28.9 Å². The van der Waals surface area contributed by atoms with E-state index in [9.17, 15) is 23.1 Å². The van der Waals surface area contributed by atoms with E-state index in [0.717, 1.165) is 12.7 Å². The van der Waals surface area contributed by atoms with Gasteiger partial charge in [0.1, 0.15) is 24.2 Å². The van der Waals surface area contributed by atoms with Crippen LogP contribution in [0.3, 0.4) is 0 Å². The molecule has 0 aromatic heterocycles. The van der Waals surface area contributed by atoms with Crippen LogP contribution in [-0.4, -0.2) is 78.3 Å². The van der Waals surface area contributed by atoms with Gasteiger partial charge in [-0.05, 0) is 63.6 Å². The van der Waals surface area contributed by atoms with Crippen molar-refractivity contribution < 1.29 is 42.1 Å². The molecule has 0 radical (unpaired) electrons. The lowest BCUT2D eigenvalue weighted by Crippen LogP contribution is -2.32. The molecular weight excluding hydrogens is 576 g/mol. The number of aliphatic hydroxyl groups excluding tert-OH is 1. The van der Waals surface area contributed by atoms with Gasteiger partial charge in [0.2, 0.25) is 0 Å². The Morgan fingerprint density at radius 3 is 2.16 bits per heavy atom. The van der Waals surface area contributed by atoms with Gasteiger partial charge in [0, 0.05) is 29.8 Å². The fourth-order valence-electron chi connectivity index (χ4n) is 4.75. The van der Waals surface area contributed by atoms with Crippen molar-refractivity contribution in [3.63, 3.8) is 0 Å². The molecular formula is C31H40N2O9S. The molecule has 1 aliphatic rings. The maximum absolute atomic E-state index is 13.0. The number of benzene rings is 2. The van der Waals surface area contributed by atoms with Gasteiger partial charge in [-0.2, -0.15) is 0 Å². The molecule has 234 valence electrons. The Morgan fingerprint density at radius 2 is 1.58 bits per heavy atom. The molecule has 0 amide bonds. The summed E-state index contributed by atoms with van der Waals surface area (Å²) < 4.78 is 46.7. The molecule has 0 bridgehead atoms. The summed E-state index contributed by atoms with van der Waals surface area (Å²) >= 11 is 0. The standard InChI is InChI=1S/C31H40N2O9S/c1-20-27(30(35)39-3)29(28(21(2)33-20)31(36)40-4)25-17-24(43(5,37)38)13-14-26(25)41-16-10-9-15-32-18-22(34)19-42-23-11-7-6-8-12-23/h6-8,11-14,17,22,29,32-34H,9-10,15-16,18-19H2,1-5H3. The minimum Gasteiger partial charge on any atom is -0.493 e. The molecule has 43 heavy (non-hydrogen) atoms. The molecule has 1 aliphatic heterocycles. The third-order valence-corrected chi connectivity index (χ3v) is 7.97. The summed E-state index contributed by atoms with van der Waals surface area (Å²) in [5, 5.41) is 16.4. The average Bonchev–Trinajstić information content (AvgIpc) is 2.98. The van der Waals surface area contributed by atoms with Gasteiger partial charge in [-0.15, -0.1) is 0 Å². The molecule has 3 N–H and O–H groups in total. The summed E-state index contributed by atoms with van der Waals surface area (Å²) in [5.74, 6) is -1.34. The highest BCUT2D eigenvalue weighted by molar-refractivity contribution is 7.90. The zero-order valence-electron chi connectivity index (χ0n) is 25.1. The van der Waals surface area contributed by atoms with Crippen molar-refractivity contribution >= 4 is 21.8 Å². The lowest BCUT2D eigenvalue weighted by atomic mass is 9.80. The van der Waals surface area contributed by atoms with E-state index in [4.69, 9.17) is 18.9 Å². The summed E-state index contributed by atoms with van der Waals surface area (Å²) in [6.45, 7) is 4.80. The first-order valence-corrected chi connectivity index (χ1v) is 15.8. The van der Waals surface area contributed by atoms with E-state index in [-0.39, 0.29) is 29.3 Å². The van der Waals surface area contributed by atoms with E-state index in [1.54, 1.807) is 13.8 Å². The summed E-state index contributed by atoms with van der Waals surface area (Å²) in [6, 6.07) is 13.7. The number of dihydropyridines is 1. The average molecular weight is 617 g/mol. The van der Waals surface area contributed by atoms with Gasteiger partial charge >= 0.3 is 11.9 Å². The molecule has 1 unspecified atom stereocenters. The van der Waals surface area contributed by atoms with E-state index in [1.807, 2.05) is 30.3 Å². The van der Waals surface area contributed by atoms with Crippen molar-refractivity contribution in [2.45, 2.75) is 43.6 Å². The summed E-state index contributed by atoms with van der Waals surface area (Å²) in [4.78, 5) is 25.9. The second-order valence-corrected chi connectivity index (χ2v) is 12.1. The fraction of sp³-hybridized carbons (Fsp3) is 0.419. The highest BCUT2D eigenvalue weighted by Crippen LogP contribution is 2.43. The molecule has 11 nitrogen and oxygen atoms in total. The van der Waals surface area contributed by atoms with Crippen molar-refractivity contribution in [3.8, 4) is 11.5 Å². The van der Waals surface area contributed by atoms with Crippen LogP contribution in [0.1, 0.15) is 38.2 Å². The number of para-hydroxylation sites is 1. The summed E-state index contributed by atoms with van der Waals surface area (Å²) in [7, 11) is -1.17. The zero-order chi connectivity index (χ0) is 31.6. The third-order valence-electron chi connectivity index (χ3n) is 6.86. The Labute approximate surface area is 252 Å². The second-order valence-electron chi connectivity index (χ2n) is 10.1. The smallest absolute Gasteiger partial charge is 0.336 e. The Hall–Kier alpha value is -3.87. The van der Waals surface area contributed by atoms with E-state index < -0.39 is 33.8 Å². The van der Waals surface area contributed by atoms with Crippen molar-refractivity contribution in [1.29, 1.82) is 0 Å². The molecule has 0 fully saturated rings. The number of rotatable bonds is 15. The number of aliphatic hydroxyl groups is 1. The SMILES string of the molecule is COC(=O)C1=C(C)NC(C)=C(C(=O)OC)C1c1cc(S(C)(=O)=O)ccc1OCCCCNCC(O)COc1ccccc1. The molecule has 0 saturated heterocycles. The molecule has 0 spiro atoms. The number of ether oxygens (including phenoxy) is 4. The number of nitrogens with one attached hydrogen (secondary N) is 2.